The molecule has 0 aromatic carbocycles. The molecule has 7 heteroatoms. The highest BCUT2D eigenvalue weighted by atomic mass is 16.3. The van der Waals surface area contributed by atoms with Crippen LogP contribution < -0.4 is 15.5 Å². The molecule has 2 heterocycles. The number of hydrogen-bond donors (Lipinski definition) is 3. The third-order valence-electron chi connectivity index (χ3n) is 3.63. The number of anilines is 3. The highest BCUT2D eigenvalue weighted by Crippen LogP contribution is 2.19. The van der Waals surface area contributed by atoms with Crippen molar-refractivity contribution in [3.63, 3.8) is 0 Å². The Balaban J connectivity index is 2.13. The summed E-state index contributed by atoms with van der Waals surface area (Å²) in [5.41, 5.74) is -0.764. The summed E-state index contributed by atoms with van der Waals surface area (Å²) < 4.78 is 0. The monoisotopic (exact) mass is 280 g/mol. The smallest absolute Gasteiger partial charge is 0.231 e. The van der Waals surface area contributed by atoms with Gasteiger partial charge < -0.3 is 20.6 Å². The van der Waals surface area contributed by atoms with Gasteiger partial charge >= 0.3 is 0 Å². The topological polar surface area (TPSA) is 86.2 Å². The van der Waals surface area contributed by atoms with E-state index in [9.17, 15) is 5.11 Å². The van der Waals surface area contributed by atoms with Gasteiger partial charge in [-0.15, -0.1) is 0 Å². The molecular formula is C13H24N6O. The normalized spacial score (nSPS) is 17.9. The highest BCUT2D eigenvalue weighted by molar-refractivity contribution is 5.44. The van der Waals surface area contributed by atoms with Crippen LogP contribution >= 0.6 is 0 Å². The predicted octanol–water partition coefficient (Wildman–Crippen LogP) is 1.09. The molecule has 1 aliphatic rings. The molecule has 1 aromatic heterocycles. The van der Waals surface area contributed by atoms with E-state index < -0.39 is 5.60 Å². The second-order valence-electron chi connectivity index (χ2n) is 5.43. The first-order chi connectivity index (χ1) is 9.54. The SMILES string of the molecule is CCC(C)(O)CNc1nc(NC)nc(N2CCCC2)n1. The van der Waals surface area contributed by atoms with Gasteiger partial charge in [0.1, 0.15) is 0 Å². The van der Waals surface area contributed by atoms with E-state index in [1.54, 1.807) is 14.0 Å². The molecule has 7 nitrogen and oxygen atoms in total. The molecule has 1 atom stereocenters. The van der Waals surface area contributed by atoms with Crippen molar-refractivity contribution in [1.82, 2.24) is 15.0 Å². The number of hydrogen-bond acceptors (Lipinski definition) is 7. The molecule has 0 bridgehead atoms. The van der Waals surface area contributed by atoms with Crippen LogP contribution in [0.15, 0.2) is 0 Å². The average Bonchev–Trinajstić information content (AvgIpc) is 2.99. The summed E-state index contributed by atoms with van der Waals surface area (Å²) in [6.45, 7) is 6.13. The van der Waals surface area contributed by atoms with Gasteiger partial charge in [-0.05, 0) is 26.2 Å². The third-order valence-corrected chi connectivity index (χ3v) is 3.63. The van der Waals surface area contributed by atoms with Crippen LogP contribution in [-0.4, -0.2) is 52.3 Å². The van der Waals surface area contributed by atoms with Crippen molar-refractivity contribution in [3.05, 3.63) is 0 Å². The van der Waals surface area contributed by atoms with Gasteiger partial charge in [0.25, 0.3) is 0 Å². The summed E-state index contributed by atoms with van der Waals surface area (Å²) >= 11 is 0. The molecule has 20 heavy (non-hydrogen) atoms. The van der Waals surface area contributed by atoms with Gasteiger partial charge in [0.15, 0.2) is 0 Å². The Kier molecular flexibility index (Phi) is 4.59. The van der Waals surface area contributed by atoms with Crippen molar-refractivity contribution >= 4 is 17.8 Å². The van der Waals surface area contributed by atoms with Crippen LogP contribution in [0.4, 0.5) is 17.8 Å². The van der Waals surface area contributed by atoms with Gasteiger partial charge in [-0.25, -0.2) is 0 Å². The van der Waals surface area contributed by atoms with Crippen LogP contribution in [-0.2, 0) is 0 Å². The lowest BCUT2D eigenvalue weighted by atomic mass is 10.0. The lowest BCUT2D eigenvalue weighted by Gasteiger charge is -2.22. The van der Waals surface area contributed by atoms with E-state index in [1.807, 2.05) is 6.92 Å². The minimum absolute atomic E-state index is 0.413. The molecular weight excluding hydrogens is 256 g/mol. The predicted molar refractivity (Wildman–Crippen MR) is 80.2 cm³/mol. The molecule has 2 rings (SSSR count). The first kappa shape index (κ1) is 14.8. The van der Waals surface area contributed by atoms with Crippen LogP contribution in [0, 0.1) is 0 Å². The van der Waals surface area contributed by atoms with Crippen LogP contribution in [0.2, 0.25) is 0 Å². The highest BCUT2D eigenvalue weighted by Gasteiger charge is 2.20. The van der Waals surface area contributed by atoms with E-state index in [0.29, 0.717) is 30.8 Å². The minimum Gasteiger partial charge on any atom is -0.388 e. The number of nitrogens with one attached hydrogen (secondary N) is 2. The Labute approximate surface area is 119 Å². The van der Waals surface area contributed by atoms with E-state index in [2.05, 4.69) is 30.5 Å². The fourth-order valence-electron chi connectivity index (χ4n) is 2.01. The lowest BCUT2D eigenvalue weighted by molar-refractivity contribution is 0.0695. The quantitative estimate of drug-likeness (QED) is 0.719. The van der Waals surface area contributed by atoms with Gasteiger partial charge in [-0.1, -0.05) is 6.92 Å². The van der Waals surface area contributed by atoms with Crippen LogP contribution in [0.25, 0.3) is 0 Å². The molecule has 1 unspecified atom stereocenters. The second kappa shape index (κ2) is 6.21. The fourth-order valence-corrected chi connectivity index (χ4v) is 2.01. The molecule has 0 radical (unpaired) electrons. The van der Waals surface area contributed by atoms with E-state index in [1.165, 1.54) is 12.8 Å². The standard InChI is InChI=1S/C13H24N6O/c1-4-13(2,20)9-15-11-16-10(14-3)17-12(18-11)19-7-5-6-8-19/h20H,4-9H2,1-3H3,(H2,14,15,16,17,18). The van der Waals surface area contributed by atoms with Crippen LogP contribution in [0.5, 0.6) is 0 Å². The number of nitrogens with zero attached hydrogens (tertiary/aromatic N) is 4. The van der Waals surface area contributed by atoms with Crippen molar-refractivity contribution in [3.8, 4) is 0 Å². The van der Waals surface area contributed by atoms with E-state index in [0.717, 1.165) is 13.1 Å². The molecule has 3 N–H and O–H groups in total. The zero-order valence-corrected chi connectivity index (χ0v) is 12.5. The Morgan fingerprint density at radius 3 is 2.45 bits per heavy atom. The molecule has 1 fully saturated rings. The largest absolute Gasteiger partial charge is 0.388 e. The molecule has 1 aliphatic heterocycles. The van der Waals surface area contributed by atoms with Gasteiger partial charge in [-0.3, -0.25) is 0 Å². The second-order valence-corrected chi connectivity index (χ2v) is 5.43. The van der Waals surface area contributed by atoms with Crippen LogP contribution in [0.1, 0.15) is 33.1 Å². The molecule has 0 spiro atoms. The average molecular weight is 280 g/mol. The third kappa shape index (κ3) is 3.69. The van der Waals surface area contributed by atoms with Crippen molar-refractivity contribution in [2.75, 3.05) is 42.2 Å². The Morgan fingerprint density at radius 1 is 1.20 bits per heavy atom. The van der Waals surface area contributed by atoms with Crippen molar-refractivity contribution in [1.29, 1.82) is 0 Å². The minimum atomic E-state index is -0.764. The summed E-state index contributed by atoms with van der Waals surface area (Å²) in [7, 11) is 1.79. The Bertz CT molecular complexity index is 444. The summed E-state index contributed by atoms with van der Waals surface area (Å²) in [6, 6.07) is 0. The molecule has 1 aromatic rings. The van der Waals surface area contributed by atoms with E-state index >= 15 is 0 Å². The maximum atomic E-state index is 10.0. The van der Waals surface area contributed by atoms with Gasteiger partial charge in [0.05, 0.1) is 5.60 Å². The summed E-state index contributed by atoms with van der Waals surface area (Å²) in [5, 5.41) is 16.1. The number of rotatable bonds is 6. The van der Waals surface area contributed by atoms with Crippen molar-refractivity contribution in [2.24, 2.45) is 0 Å². The summed E-state index contributed by atoms with van der Waals surface area (Å²) in [6.07, 6.45) is 3.02. The Morgan fingerprint density at radius 2 is 1.85 bits per heavy atom. The first-order valence-corrected chi connectivity index (χ1v) is 7.19. The Hall–Kier alpha value is -1.63. The van der Waals surface area contributed by atoms with E-state index in [-0.39, 0.29) is 0 Å². The molecule has 112 valence electrons. The zero-order valence-electron chi connectivity index (χ0n) is 12.5. The summed E-state index contributed by atoms with van der Waals surface area (Å²) in [5.74, 6) is 1.74. The van der Waals surface area contributed by atoms with Gasteiger partial charge in [0, 0.05) is 26.7 Å². The van der Waals surface area contributed by atoms with Crippen molar-refractivity contribution < 1.29 is 5.11 Å². The maximum Gasteiger partial charge on any atom is 0.231 e. The zero-order chi connectivity index (χ0) is 14.6. The summed E-state index contributed by atoms with van der Waals surface area (Å²) in [4.78, 5) is 15.3. The van der Waals surface area contributed by atoms with Crippen LogP contribution in [0.3, 0.4) is 0 Å². The van der Waals surface area contributed by atoms with Gasteiger partial charge in [0.2, 0.25) is 17.8 Å². The van der Waals surface area contributed by atoms with Crippen molar-refractivity contribution in [2.45, 2.75) is 38.7 Å². The number of aromatic nitrogens is 3. The fraction of sp³-hybridized carbons (Fsp3) is 0.769. The molecule has 0 aliphatic carbocycles. The maximum absolute atomic E-state index is 10.0. The lowest BCUT2D eigenvalue weighted by Crippen LogP contribution is -2.33. The van der Waals surface area contributed by atoms with Gasteiger partial charge in [-0.2, -0.15) is 15.0 Å². The first-order valence-electron chi connectivity index (χ1n) is 7.19. The van der Waals surface area contributed by atoms with E-state index in [4.69, 9.17) is 0 Å². The molecule has 1 saturated heterocycles. The molecule has 0 amide bonds. The number of aliphatic hydroxyl groups is 1. The molecule has 0 saturated carbocycles.